The maximum atomic E-state index is 13.6. The predicted octanol–water partition coefficient (Wildman–Crippen LogP) is 5.25. The zero-order valence-electron chi connectivity index (χ0n) is 18.6. The molecule has 1 saturated heterocycles. The lowest BCUT2D eigenvalue weighted by Gasteiger charge is -2.27. The van der Waals surface area contributed by atoms with Crippen molar-refractivity contribution in [1.29, 1.82) is 0 Å². The van der Waals surface area contributed by atoms with E-state index in [0.717, 1.165) is 39.6 Å². The van der Waals surface area contributed by atoms with Gasteiger partial charge >= 0.3 is 0 Å². The molecule has 1 saturated carbocycles. The third-order valence-electron chi connectivity index (χ3n) is 6.51. The van der Waals surface area contributed by atoms with Crippen LogP contribution >= 0.6 is 22.9 Å². The topological polar surface area (TPSA) is 62.3 Å². The quantitative estimate of drug-likeness (QED) is 0.486. The number of carbonyl (C=O) groups excluding carboxylic acids is 2. The van der Waals surface area contributed by atoms with Crippen LogP contribution in [0.5, 0.6) is 0 Å². The maximum Gasteiger partial charge on any atom is 0.274 e. The highest BCUT2D eigenvalue weighted by Gasteiger charge is 2.54. The Hall–Kier alpha value is -2.84. The number of nitrogens with one attached hydrogen (secondary N) is 1. The average Bonchev–Trinajstić information content (AvgIpc) is 3.31. The average molecular weight is 502 g/mol. The molecule has 1 aliphatic carbocycles. The van der Waals surface area contributed by atoms with Gasteiger partial charge in [0.15, 0.2) is 11.6 Å². The number of carbonyl (C=O) groups is 2. The van der Waals surface area contributed by atoms with Gasteiger partial charge in [0.05, 0.1) is 26.5 Å². The van der Waals surface area contributed by atoms with E-state index in [1.165, 1.54) is 11.3 Å². The van der Waals surface area contributed by atoms with E-state index in [1.54, 1.807) is 4.90 Å². The molecule has 9 heteroatoms. The zero-order valence-corrected chi connectivity index (χ0v) is 20.1. The molecular formula is C25H22ClF2N3O2S. The molecule has 176 valence electrons. The van der Waals surface area contributed by atoms with E-state index in [1.807, 2.05) is 38.1 Å². The van der Waals surface area contributed by atoms with Crippen molar-refractivity contribution in [3.05, 3.63) is 74.9 Å². The van der Waals surface area contributed by atoms with Gasteiger partial charge in [0.1, 0.15) is 5.69 Å². The Morgan fingerprint density at radius 1 is 1.21 bits per heavy atom. The van der Waals surface area contributed by atoms with E-state index in [0.29, 0.717) is 24.1 Å². The highest BCUT2D eigenvalue weighted by Crippen LogP contribution is 2.50. The van der Waals surface area contributed by atoms with Gasteiger partial charge in [0.25, 0.3) is 11.8 Å². The maximum absolute atomic E-state index is 13.6. The number of fused-ring (bicyclic) bond motifs is 1. The molecule has 0 radical (unpaired) electrons. The lowest BCUT2D eigenvalue weighted by atomic mass is 10.1. The van der Waals surface area contributed by atoms with Crippen molar-refractivity contribution >= 4 is 34.8 Å². The molecule has 2 amide bonds. The van der Waals surface area contributed by atoms with E-state index < -0.39 is 17.5 Å². The molecule has 3 aromatic rings. The second-order valence-corrected chi connectivity index (χ2v) is 10.5. The monoisotopic (exact) mass is 501 g/mol. The van der Waals surface area contributed by atoms with Crippen molar-refractivity contribution in [2.75, 3.05) is 13.1 Å². The third-order valence-corrected chi connectivity index (χ3v) is 7.84. The first-order valence-corrected chi connectivity index (χ1v) is 12.2. The number of amides is 2. The summed E-state index contributed by atoms with van der Waals surface area (Å²) in [6.07, 6.45) is 0.997. The summed E-state index contributed by atoms with van der Waals surface area (Å²) in [5.74, 6) is -2.31. The Morgan fingerprint density at radius 2 is 1.97 bits per heavy atom. The molecule has 0 spiro atoms. The molecule has 0 bridgehead atoms. The van der Waals surface area contributed by atoms with Gasteiger partial charge in [0, 0.05) is 13.1 Å². The van der Waals surface area contributed by atoms with Crippen LogP contribution in [0.4, 0.5) is 8.78 Å². The normalized spacial score (nSPS) is 20.9. The van der Waals surface area contributed by atoms with Crippen LogP contribution in [0.15, 0.2) is 36.4 Å². The number of aryl methyl sites for hydroxylation is 2. The summed E-state index contributed by atoms with van der Waals surface area (Å²) < 4.78 is 27.0. The van der Waals surface area contributed by atoms with Gasteiger partial charge < -0.3 is 10.2 Å². The van der Waals surface area contributed by atoms with E-state index in [4.69, 9.17) is 11.6 Å². The highest BCUT2D eigenvalue weighted by atomic mass is 35.5. The summed E-state index contributed by atoms with van der Waals surface area (Å²) in [5, 5.41) is 3.40. The molecule has 2 heterocycles. The lowest BCUT2D eigenvalue weighted by Crippen LogP contribution is -2.45. The molecule has 5 nitrogen and oxygen atoms in total. The number of rotatable bonds is 5. The summed E-state index contributed by atoms with van der Waals surface area (Å²) in [5.41, 5.74) is 2.34. The molecule has 1 unspecified atom stereocenters. The predicted molar refractivity (Wildman–Crippen MR) is 127 cm³/mol. The summed E-state index contributed by atoms with van der Waals surface area (Å²) in [6.45, 7) is 4.69. The minimum Gasteiger partial charge on any atom is -0.350 e. The Kier molecular flexibility index (Phi) is 5.90. The van der Waals surface area contributed by atoms with Crippen LogP contribution in [0, 0.1) is 37.3 Å². The van der Waals surface area contributed by atoms with Crippen LogP contribution in [0.3, 0.4) is 0 Å². The standard InChI is InChI=1S/C25H22ClF2N3O2S/c1-12-4-3-5-14(6-12)23-22(30-13(2)34-23)25(33)31-11-15-7-16(15)21(31)10-29-24(32)17-8-19(27)20(28)9-18(17)26/h3-6,8-9,15-16,21H,7,10-11H2,1-2H3,(H,29,32)/t15-,16?,21-/m1/s1. The molecule has 3 atom stereocenters. The van der Waals surface area contributed by atoms with Gasteiger partial charge in [-0.15, -0.1) is 11.3 Å². The molecule has 2 aromatic carbocycles. The Bertz CT molecular complexity index is 1310. The second-order valence-electron chi connectivity index (χ2n) is 8.92. The molecule has 2 fully saturated rings. The molecule has 2 aliphatic rings. The summed E-state index contributed by atoms with van der Waals surface area (Å²) >= 11 is 7.42. The number of aromatic nitrogens is 1. The Morgan fingerprint density at radius 3 is 2.74 bits per heavy atom. The molecule has 1 N–H and O–H groups in total. The number of benzene rings is 2. The van der Waals surface area contributed by atoms with Crippen LogP contribution in [-0.4, -0.2) is 40.8 Å². The van der Waals surface area contributed by atoms with Gasteiger partial charge in [-0.3, -0.25) is 9.59 Å². The number of thiazole rings is 1. The van der Waals surface area contributed by atoms with Crippen molar-refractivity contribution in [2.45, 2.75) is 26.3 Å². The molecule has 5 rings (SSSR count). The summed E-state index contributed by atoms with van der Waals surface area (Å²) in [4.78, 5) is 33.4. The van der Waals surface area contributed by atoms with Crippen LogP contribution in [0.2, 0.25) is 5.02 Å². The number of hydrogen-bond acceptors (Lipinski definition) is 4. The third kappa shape index (κ3) is 4.20. The number of nitrogens with zero attached hydrogens (tertiary/aromatic N) is 2. The van der Waals surface area contributed by atoms with Gasteiger partial charge in [-0.05, 0) is 49.8 Å². The Balaban J connectivity index is 1.36. The van der Waals surface area contributed by atoms with Crippen molar-refractivity contribution in [1.82, 2.24) is 15.2 Å². The van der Waals surface area contributed by atoms with E-state index >= 15 is 0 Å². The van der Waals surface area contributed by atoms with E-state index in [2.05, 4.69) is 10.3 Å². The fourth-order valence-corrected chi connectivity index (χ4v) is 5.89. The van der Waals surface area contributed by atoms with Crippen LogP contribution in [-0.2, 0) is 0 Å². The van der Waals surface area contributed by atoms with Crippen molar-refractivity contribution in [3.8, 4) is 10.4 Å². The summed E-state index contributed by atoms with van der Waals surface area (Å²) in [7, 11) is 0. The van der Waals surface area contributed by atoms with Crippen LogP contribution < -0.4 is 5.32 Å². The lowest BCUT2D eigenvalue weighted by molar-refractivity contribution is 0.0690. The van der Waals surface area contributed by atoms with E-state index in [9.17, 15) is 18.4 Å². The number of hydrogen-bond donors (Lipinski definition) is 1. The highest BCUT2D eigenvalue weighted by molar-refractivity contribution is 7.15. The molecule has 34 heavy (non-hydrogen) atoms. The van der Waals surface area contributed by atoms with Crippen molar-refractivity contribution < 1.29 is 18.4 Å². The summed E-state index contributed by atoms with van der Waals surface area (Å²) in [6, 6.07) is 9.35. The smallest absolute Gasteiger partial charge is 0.274 e. The zero-order chi connectivity index (χ0) is 24.1. The SMILES string of the molecule is Cc1cccc(-c2sc(C)nc2C(=O)N2C[C@H]3CC3[C@H]2CNC(=O)c2cc(F)c(F)cc2Cl)c1. The first-order valence-electron chi connectivity index (χ1n) is 11.0. The van der Waals surface area contributed by atoms with Crippen LogP contribution in [0.1, 0.15) is 37.8 Å². The minimum atomic E-state index is -1.14. The number of likely N-dealkylation sites (tertiary alicyclic amines) is 1. The van der Waals surface area contributed by atoms with Gasteiger partial charge in [0.2, 0.25) is 0 Å². The largest absolute Gasteiger partial charge is 0.350 e. The first kappa shape index (κ1) is 22.9. The fraction of sp³-hybridized carbons (Fsp3) is 0.320. The van der Waals surface area contributed by atoms with E-state index in [-0.39, 0.29) is 29.1 Å². The molecular weight excluding hydrogens is 480 g/mol. The van der Waals surface area contributed by atoms with Gasteiger partial charge in [-0.2, -0.15) is 0 Å². The Labute approximate surface area is 204 Å². The van der Waals surface area contributed by atoms with Crippen LogP contribution in [0.25, 0.3) is 10.4 Å². The van der Waals surface area contributed by atoms with Crippen molar-refractivity contribution in [2.24, 2.45) is 11.8 Å². The second kappa shape index (κ2) is 8.74. The van der Waals surface area contributed by atoms with Crippen molar-refractivity contribution in [3.63, 3.8) is 0 Å². The first-order chi connectivity index (χ1) is 16.2. The molecule has 1 aromatic heterocycles. The number of halogens is 3. The van der Waals surface area contributed by atoms with Gasteiger partial charge in [-0.25, -0.2) is 13.8 Å². The van der Waals surface area contributed by atoms with Gasteiger partial charge in [-0.1, -0.05) is 41.4 Å². The molecule has 1 aliphatic heterocycles. The number of piperidine rings is 1. The minimum absolute atomic E-state index is 0.138. The fourth-order valence-electron chi connectivity index (χ4n) is 4.75.